The molecule has 1 saturated heterocycles. The molecule has 0 N–H and O–H groups in total. The summed E-state index contributed by atoms with van der Waals surface area (Å²) in [6.45, 7) is 11.6. The molecular formula is C47H43Cl4N3O3. The van der Waals surface area contributed by atoms with Crippen molar-refractivity contribution >= 4 is 64.1 Å². The highest BCUT2D eigenvalue weighted by molar-refractivity contribution is 6.36. The largest absolute Gasteiger partial charge is 0.422 e. The Labute approximate surface area is 354 Å². The van der Waals surface area contributed by atoms with Crippen molar-refractivity contribution in [2.24, 2.45) is 10.3 Å². The van der Waals surface area contributed by atoms with Crippen LogP contribution >= 0.6 is 46.4 Å². The number of hydrogen-bond donors (Lipinski definition) is 0. The maximum absolute atomic E-state index is 7.24. The molecule has 57 heavy (non-hydrogen) atoms. The maximum Gasteiger partial charge on any atom is 0.346 e. The summed E-state index contributed by atoms with van der Waals surface area (Å²) in [5, 5.41) is 11.7. The van der Waals surface area contributed by atoms with Gasteiger partial charge in [-0.05, 0) is 94.2 Å². The van der Waals surface area contributed by atoms with Crippen LogP contribution in [0.1, 0.15) is 97.4 Å². The van der Waals surface area contributed by atoms with Crippen LogP contribution < -0.4 is 0 Å². The van der Waals surface area contributed by atoms with E-state index in [0.717, 1.165) is 33.4 Å². The van der Waals surface area contributed by atoms with Gasteiger partial charge < -0.3 is 14.4 Å². The van der Waals surface area contributed by atoms with Gasteiger partial charge in [0.15, 0.2) is 0 Å². The molecule has 0 amide bonds. The van der Waals surface area contributed by atoms with Crippen molar-refractivity contribution in [1.29, 1.82) is 0 Å². The lowest BCUT2D eigenvalue weighted by Crippen LogP contribution is -2.70. The standard InChI is InChI=1S/C47H43Cl4N3O3/c1-28(2)31-11-15-34(16-12-31)44-43(40-22-21-39(49)25-42(40)51)46(56-52-44)27-54(30(5)33-9-7-6-8-10-33)26-37(23-36-19-20-38(48)24-41(36)50)47(46)55-45(53-57-47)35-17-13-32(14-18-35)29(3)4/h6-25,28-30,43H,26-27H2,1-5H3/b37-23-/t30-,43-,46?,47+/m1/s1. The highest BCUT2D eigenvalue weighted by Crippen LogP contribution is 2.58. The van der Waals surface area contributed by atoms with Crippen molar-refractivity contribution in [1.82, 2.24) is 4.90 Å². The molecule has 0 aromatic heterocycles. The van der Waals surface area contributed by atoms with E-state index < -0.39 is 17.3 Å². The zero-order valence-electron chi connectivity index (χ0n) is 32.3. The van der Waals surface area contributed by atoms with Gasteiger partial charge in [-0.3, -0.25) is 4.90 Å². The highest BCUT2D eigenvalue weighted by Gasteiger charge is 2.74. The average Bonchev–Trinajstić information content (AvgIpc) is 3.82. The molecule has 292 valence electrons. The van der Waals surface area contributed by atoms with Crippen LogP contribution in [0.25, 0.3) is 6.08 Å². The molecule has 1 unspecified atom stereocenters. The molecule has 0 radical (unpaired) electrons. The van der Waals surface area contributed by atoms with Crippen LogP contribution in [0.15, 0.2) is 131 Å². The summed E-state index contributed by atoms with van der Waals surface area (Å²) in [6, 6.07) is 37.9. The van der Waals surface area contributed by atoms with Gasteiger partial charge in [-0.15, -0.1) is 0 Å². The van der Waals surface area contributed by atoms with E-state index in [0.29, 0.717) is 56.6 Å². The minimum Gasteiger partial charge on any atom is -0.422 e. The van der Waals surface area contributed by atoms with E-state index in [4.69, 9.17) is 71.1 Å². The Kier molecular flexibility index (Phi) is 11.0. The molecule has 8 rings (SSSR count). The number of piperidine rings is 1. The third-order valence-corrected chi connectivity index (χ3v) is 12.6. The monoisotopic (exact) mass is 837 g/mol. The number of nitrogens with zero attached hydrogens (tertiary/aromatic N) is 3. The van der Waals surface area contributed by atoms with Gasteiger partial charge in [-0.25, -0.2) is 0 Å². The van der Waals surface area contributed by atoms with E-state index in [-0.39, 0.29) is 6.04 Å². The molecule has 3 aliphatic rings. The van der Waals surface area contributed by atoms with Crippen LogP contribution in [0.5, 0.6) is 0 Å². The average molecular weight is 840 g/mol. The predicted molar refractivity (Wildman–Crippen MR) is 233 cm³/mol. The first-order chi connectivity index (χ1) is 27.4. The fraction of sp³-hybridized carbons (Fsp3) is 0.277. The van der Waals surface area contributed by atoms with E-state index in [2.05, 4.69) is 100 Å². The van der Waals surface area contributed by atoms with E-state index in [1.807, 2.05) is 48.5 Å². The lowest BCUT2D eigenvalue weighted by Gasteiger charge is -2.52. The lowest BCUT2D eigenvalue weighted by molar-refractivity contribution is -0.279. The van der Waals surface area contributed by atoms with E-state index >= 15 is 0 Å². The first-order valence-corrected chi connectivity index (χ1v) is 20.7. The molecule has 5 aromatic rings. The molecular weight excluding hydrogens is 796 g/mol. The first-order valence-electron chi connectivity index (χ1n) is 19.2. The van der Waals surface area contributed by atoms with Gasteiger partial charge in [-0.2, -0.15) is 0 Å². The number of hydrogen-bond acceptors (Lipinski definition) is 6. The molecule has 3 aliphatic heterocycles. The summed E-state index contributed by atoms with van der Waals surface area (Å²) in [4.78, 5) is 16.2. The molecule has 0 saturated carbocycles. The topological polar surface area (TPSA) is 55.7 Å². The Hall–Kier alpha value is -4.30. The quantitative estimate of drug-likeness (QED) is 0.156. The van der Waals surface area contributed by atoms with Crippen molar-refractivity contribution in [2.75, 3.05) is 13.1 Å². The molecule has 0 bridgehead atoms. The van der Waals surface area contributed by atoms with Crippen LogP contribution in [0.3, 0.4) is 0 Å². The number of ether oxygens (including phenoxy) is 1. The Morgan fingerprint density at radius 3 is 1.89 bits per heavy atom. The van der Waals surface area contributed by atoms with Gasteiger partial charge in [0.1, 0.15) is 0 Å². The van der Waals surface area contributed by atoms with Gasteiger partial charge in [0.2, 0.25) is 5.60 Å². The summed E-state index contributed by atoms with van der Waals surface area (Å²) >= 11 is 27.1. The summed E-state index contributed by atoms with van der Waals surface area (Å²) in [6.07, 6.45) is 2.00. The van der Waals surface area contributed by atoms with Crippen LogP contribution in [-0.2, 0) is 14.4 Å². The zero-order valence-corrected chi connectivity index (χ0v) is 35.4. The van der Waals surface area contributed by atoms with E-state index in [1.54, 1.807) is 12.1 Å². The smallest absolute Gasteiger partial charge is 0.346 e. The first kappa shape index (κ1) is 39.5. The number of benzene rings is 5. The van der Waals surface area contributed by atoms with E-state index in [9.17, 15) is 0 Å². The molecule has 6 nitrogen and oxygen atoms in total. The van der Waals surface area contributed by atoms with E-state index in [1.165, 1.54) is 11.1 Å². The Morgan fingerprint density at radius 1 is 0.667 bits per heavy atom. The highest BCUT2D eigenvalue weighted by atomic mass is 35.5. The second kappa shape index (κ2) is 15.8. The number of oxime groups is 2. The predicted octanol–water partition coefficient (Wildman–Crippen LogP) is 13.1. The minimum atomic E-state index is -1.66. The van der Waals surface area contributed by atoms with Crippen molar-refractivity contribution < 1.29 is 14.4 Å². The number of halogens is 4. The van der Waals surface area contributed by atoms with Gasteiger partial charge in [0, 0.05) is 49.4 Å². The minimum absolute atomic E-state index is 0.0748. The molecule has 4 atom stereocenters. The zero-order chi connectivity index (χ0) is 40.1. The van der Waals surface area contributed by atoms with Crippen LogP contribution in [0.4, 0.5) is 0 Å². The van der Waals surface area contributed by atoms with Gasteiger partial charge in [-0.1, -0.05) is 158 Å². The van der Waals surface area contributed by atoms with Crippen molar-refractivity contribution in [3.8, 4) is 0 Å². The van der Waals surface area contributed by atoms with Crippen molar-refractivity contribution in [2.45, 2.75) is 69.8 Å². The van der Waals surface area contributed by atoms with Gasteiger partial charge in [0.25, 0.3) is 5.90 Å². The number of likely N-dealkylation sites (tertiary alicyclic amines) is 1. The van der Waals surface area contributed by atoms with Crippen LogP contribution in [0.2, 0.25) is 20.1 Å². The fourth-order valence-corrected chi connectivity index (χ4v) is 9.11. The van der Waals surface area contributed by atoms with Crippen LogP contribution in [0, 0.1) is 0 Å². The molecule has 5 aromatic carbocycles. The summed E-state index contributed by atoms with van der Waals surface area (Å²) in [5.74, 6) is -1.28. The number of rotatable bonds is 8. The molecule has 3 heterocycles. The Balaban J connectivity index is 1.37. The molecule has 2 spiro atoms. The summed E-state index contributed by atoms with van der Waals surface area (Å²) in [5.41, 5.74) is 6.65. The van der Waals surface area contributed by atoms with Crippen LogP contribution in [-0.4, -0.2) is 41.0 Å². The Bertz CT molecular complexity index is 2380. The Morgan fingerprint density at radius 2 is 1.28 bits per heavy atom. The molecule has 1 fully saturated rings. The second-order valence-corrected chi connectivity index (χ2v) is 17.3. The van der Waals surface area contributed by atoms with Gasteiger partial charge >= 0.3 is 5.79 Å². The second-order valence-electron chi connectivity index (χ2n) is 15.6. The molecule has 10 heteroatoms. The summed E-state index contributed by atoms with van der Waals surface area (Å²) in [7, 11) is 0. The molecule has 0 aliphatic carbocycles. The SMILES string of the molecule is CC(C)c1ccc(C2=NO[C@@]3(O2)/C(=C\c2ccc(Cl)cc2Cl)CN([C@H](C)c2ccccc2)CC32ON=C(c3ccc(C(C)C)cc3)[C@H]2c2ccc(Cl)cc2Cl)cc1. The lowest BCUT2D eigenvalue weighted by atomic mass is 9.68. The summed E-state index contributed by atoms with van der Waals surface area (Å²) < 4.78 is 7.24. The third-order valence-electron chi connectivity index (χ3n) is 11.4. The third kappa shape index (κ3) is 7.25. The maximum atomic E-state index is 7.24. The fourth-order valence-electron chi connectivity index (χ4n) is 8.13. The van der Waals surface area contributed by atoms with Crippen molar-refractivity contribution in [3.63, 3.8) is 0 Å². The van der Waals surface area contributed by atoms with Gasteiger partial charge in [0.05, 0.1) is 18.2 Å². The normalized spacial score (nSPS) is 23.1. The number of fused-ring (bicyclic) bond motifs is 1. The van der Waals surface area contributed by atoms with Crippen molar-refractivity contribution in [3.05, 3.63) is 180 Å².